The minimum atomic E-state index is -0.572. The first-order chi connectivity index (χ1) is 10.2. The van der Waals surface area contributed by atoms with E-state index in [4.69, 9.17) is 9.47 Å². The smallest absolute Gasteiger partial charge is 0.416 e. The van der Waals surface area contributed by atoms with E-state index in [2.05, 4.69) is 6.58 Å². The van der Waals surface area contributed by atoms with Gasteiger partial charge >= 0.3 is 6.09 Å². The van der Waals surface area contributed by atoms with Crippen molar-refractivity contribution in [1.82, 2.24) is 4.90 Å². The summed E-state index contributed by atoms with van der Waals surface area (Å²) in [7, 11) is 0. The van der Waals surface area contributed by atoms with Gasteiger partial charge in [-0.1, -0.05) is 36.4 Å². The molecule has 1 aromatic carbocycles. The van der Waals surface area contributed by atoms with Gasteiger partial charge in [0.15, 0.2) is 0 Å². The Morgan fingerprint density at radius 1 is 1.43 bits per heavy atom. The number of amides is 2. The number of allylic oxidation sites excluding steroid dienone is 1. The van der Waals surface area contributed by atoms with Crippen molar-refractivity contribution in [3.05, 3.63) is 48.6 Å². The lowest BCUT2D eigenvalue weighted by Gasteiger charge is -2.19. The van der Waals surface area contributed by atoms with Gasteiger partial charge in [-0.15, -0.1) is 6.58 Å². The van der Waals surface area contributed by atoms with Crippen LogP contribution in [0.3, 0.4) is 0 Å². The number of carbonyl (C=O) groups excluding carboxylic acids is 2. The fourth-order valence-corrected chi connectivity index (χ4v) is 2.15. The third-order valence-corrected chi connectivity index (χ3v) is 3.26. The van der Waals surface area contributed by atoms with E-state index < -0.39 is 12.0 Å². The maximum absolute atomic E-state index is 12.3. The molecule has 1 aromatic rings. The van der Waals surface area contributed by atoms with Crippen molar-refractivity contribution in [3.8, 4) is 0 Å². The van der Waals surface area contributed by atoms with Gasteiger partial charge in [-0.2, -0.15) is 0 Å². The van der Waals surface area contributed by atoms with E-state index in [1.54, 1.807) is 6.08 Å². The Kier molecular flexibility index (Phi) is 5.51. The second kappa shape index (κ2) is 7.59. The van der Waals surface area contributed by atoms with Gasteiger partial charge in [0, 0.05) is 0 Å². The fourth-order valence-electron chi connectivity index (χ4n) is 2.15. The molecule has 2 amide bonds. The molecule has 0 aromatic heterocycles. The summed E-state index contributed by atoms with van der Waals surface area (Å²) in [5, 5.41) is 0. The summed E-state index contributed by atoms with van der Waals surface area (Å²) in [6.07, 6.45) is 1.56. The van der Waals surface area contributed by atoms with Crippen molar-refractivity contribution in [3.63, 3.8) is 0 Å². The number of hydrogen-bond donors (Lipinski definition) is 0. The lowest BCUT2D eigenvalue weighted by molar-refractivity contribution is -0.134. The lowest BCUT2D eigenvalue weighted by Crippen LogP contribution is -2.38. The predicted octanol–water partition coefficient (Wildman–Crippen LogP) is 2.37. The molecule has 0 radical (unpaired) electrons. The highest BCUT2D eigenvalue weighted by Crippen LogP contribution is 2.15. The van der Waals surface area contributed by atoms with E-state index in [9.17, 15) is 9.59 Å². The van der Waals surface area contributed by atoms with Gasteiger partial charge in [0.25, 0.3) is 0 Å². The van der Waals surface area contributed by atoms with E-state index in [0.29, 0.717) is 19.6 Å². The number of rotatable bonds is 7. The van der Waals surface area contributed by atoms with Gasteiger partial charge in [-0.3, -0.25) is 4.79 Å². The van der Waals surface area contributed by atoms with Crippen LogP contribution in [0, 0.1) is 5.92 Å². The molecule has 1 atom stereocenters. The Morgan fingerprint density at radius 3 is 2.81 bits per heavy atom. The normalized spacial score (nSPS) is 15.6. The van der Waals surface area contributed by atoms with Crippen LogP contribution in [0.5, 0.6) is 0 Å². The monoisotopic (exact) mass is 289 g/mol. The summed E-state index contributed by atoms with van der Waals surface area (Å²) in [5.41, 5.74) is 1.04. The maximum atomic E-state index is 12.3. The number of benzene rings is 1. The molecule has 1 aliphatic heterocycles. The van der Waals surface area contributed by atoms with Crippen molar-refractivity contribution >= 4 is 12.0 Å². The molecule has 0 spiro atoms. The molecule has 21 heavy (non-hydrogen) atoms. The highest BCUT2D eigenvalue weighted by Gasteiger charge is 2.32. The summed E-state index contributed by atoms with van der Waals surface area (Å²) in [6.45, 7) is 4.91. The zero-order chi connectivity index (χ0) is 15.1. The van der Waals surface area contributed by atoms with E-state index in [-0.39, 0.29) is 19.1 Å². The Balaban J connectivity index is 1.88. The molecule has 5 nitrogen and oxygen atoms in total. The topological polar surface area (TPSA) is 55.8 Å². The molecule has 1 fully saturated rings. The van der Waals surface area contributed by atoms with Crippen LogP contribution in [-0.2, 0) is 20.9 Å². The number of ether oxygens (including phenoxy) is 2. The first-order valence-electron chi connectivity index (χ1n) is 6.93. The molecule has 1 saturated heterocycles. The Bertz CT molecular complexity index is 500. The molecule has 0 bridgehead atoms. The summed E-state index contributed by atoms with van der Waals surface area (Å²) in [6, 6.07) is 9.73. The summed E-state index contributed by atoms with van der Waals surface area (Å²) < 4.78 is 10.4. The molecule has 0 aliphatic carbocycles. The zero-order valence-electron chi connectivity index (χ0n) is 11.9. The van der Waals surface area contributed by atoms with Crippen molar-refractivity contribution < 1.29 is 19.1 Å². The summed E-state index contributed by atoms with van der Waals surface area (Å²) in [5.74, 6) is -0.665. The average molecular weight is 289 g/mol. The second-order valence-electron chi connectivity index (χ2n) is 4.83. The van der Waals surface area contributed by atoms with Crippen LogP contribution in [0.4, 0.5) is 4.79 Å². The highest BCUT2D eigenvalue weighted by atomic mass is 16.6. The second-order valence-corrected chi connectivity index (χ2v) is 4.83. The van der Waals surface area contributed by atoms with Crippen LogP contribution in [0.15, 0.2) is 43.0 Å². The third kappa shape index (κ3) is 4.16. The highest BCUT2D eigenvalue weighted by molar-refractivity contribution is 5.94. The Morgan fingerprint density at radius 2 is 2.19 bits per heavy atom. The average Bonchev–Trinajstić information content (AvgIpc) is 2.93. The van der Waals surface area contributed by atoms with Gasteiger partial charge in [-0.25, -0.2) is 9.69 Å². The van der Waals surface area contributed by atoms with Crippen molar-refractivity contribution in [2.24, 2.45) is 5.92 Å². The molecular formula is C16H19NO4. The van der Waals surface area contributed by atoms with Gasteiger partial charge in [0.05, 0.1) is 25.7 Å². The minimum Gasteiger partial charge on any atom is -0.447 e. The van der Waals surface area contributed by atoms with Crippen LogP contribution < -0.4 is 0 Å². The van der Waals surface area contributed by atoms with E-state index >= 15 is 0 Å². The lowest BCUT2D eigenvalue weighted by atomic mass is 10.1. The number of nitrogens with zero attached hydrogens (tertiary/aromatic N) is 1. The number of hydrogen-bond acceptors (Lipinski definition) is 4. The quantitative estimate of drug-likeness (QED) is 0.723. The molecular weight excluding hydrogens is 270 g/mol. The zero-order valence-corrected chi connectivity index (χ0v) is 11.9. The Hall–Kier alpha value is -2.14. The van der Waals surface area contributed by atoms with Crippen molar-refractivity contribution in [2.75, 3.05) is 19.8 Å². The molecule has 0 saturated carbocycles. The maximum Gasteiger partial charge on any atom is 0.416 e. The molecule has 1 aliphatic rings. The third-order valence-electron chi connectivity index (χ3n) is 3.26. The minimum absolute atomic E-state index is 0.253. The van der Waals surface area contributed by atoms with Crippen molar-refractivity contribution in [2.45, 2.75) is 13.0 Å². The van der Waals surface area contributed by atoms with Gasteiger partial charge in [0.1, 0.15) is 6.61 Å². The van der Waals surface area contributed by atoms with Crippen LogP contribution in [0.25, 0.3) is 0 Å². The number of cyclic esters (lactones) is 1. The molecule has 0 N–H and O–H groups in total. The van der Waals surface area contributed by atoms with Gasteiger partial charge in [0.2, 0.25) is 5.91 Å². The summed E-state index contributed by atoms with van der Waals surface area (Å²) in [4.78, 5) is 24.9. The van der Waals surface area contributed by atoms with E-state index in [1.165, 1.54) is 0 Å². The van der Waals surface area contributed by atoms with Crippen LogP contribution in [0.2, 0.25) is 0 Å². The van der Waals surface area contributed by atoms with E-state index in [1.807, 2.05) is 30.3 Å². The summed E-state index contributed by atoms with van der Waals surface area (Å²) >= 11 is 0. The molecule has 5 heteroatoms. The molecule has 1 unspecified atom stereocenters. The largest absolute Gasteiger partial charge is 0.447 e. The van der Waals surface area contributed by atoms with Crippen LogP contribution in [-0.4, -0.2) is 36.7 Å². The predicted molar refractivity (Wildman–Crippen MR) is 77.5 cm³/mol. The standard InChI is InChI=1S/C16H19NO4/c1-2-6-14(15(18)17-9-10-21-16(17)19)12-20-11-13-7-4-3-5-8-13/h2-5,7-8,14H,1,6,9-12H2. The first-order valence-corrected chi connectivity index (χ1v) is 6.93. The van der Waals surface area contributed by atoms with Gasteiger partial charge in [-0.05, 0) is 12.0 Å². The van der Waals surface area contributed by atoms with E-state index in [0.717, 1.165) is 10.5 Å². The van der Waals surface area contributed by atoms with Crippen LogP contribution in [0.1, 0.15) is 12.0 Å². The van der Waals surface area contributed by atoms with Gasteiger partial charge < -0.3 is 9.47 Å². The van der Waals surface area contributed by atoms with Crippen molar-refractivity contribution in [1.29, 1.82) is 0 Å². The number of carbonyl (C=O) groups is 2. The SMILES string of the molecule is C=CCC(COCc1ccccc1)C(=O)N1CCOC1=O. The molecule has 2 rings (SSSR count). The fraction of sp³-hybridized carbons (Fsp3) is 0.375. The Labute approximate surface area is 124 Å². The van der Waals surface area contributed by atoms with Crippen LogP contribution >= 0.6 is 0 Å². The first kappa shape index (κ1) is 15.3. The number of imide groups is 1. The molecule has 112 valence electrons. The molecule has 1 heterocycles.